The zero-order chi connectivity index (χ0) is 31.5. The highest BCUT2D eigenvalue weighted by molar-refractivity contribution is 7.91. The first-order chi connectivity index (χ1) is 21.2. The smallest absolute Gasteiger partial charge is 0.319 e. The van der Waals surface area contributed by atoms with Crippen molar-refractivity contribution in [3.63, 3.8) is 0 Å². The molecule has 10 nitrogen and oxygen atoms in total. The van der Waals surface area contributed by atoms with Crippen molar-refractivity contribution in [2.24, 2.45) is 0 Å². The van der Waals surface area contributed by atoms with E-state index in [0.717, 1.165) is 11.1 Å². The van der Waals surface area contributed by atoms with Crippen molar-refractivity contribution in [1.82, 2.24) is 15.9 Å². The molecule has 0 radical (unpaired) electrons. The zero-order valence-electron chi connectivity index (χ0n) is 24.6. The van der Waals surface area contributed by atoms with Gasteiger partial charge in [-0.1, -0.05) is 73.7 Å². The maximum absolute atomic E-state index is 13.6. The second-order valence-corrected chi connectivity index (χ2v) is 11.9. The highest BCUT2D eigenvalue weighted by atomic mass is 32.2. The molecule has 4 N–H and O–H groups in total. The topological polar surface area (TPSA) is 137 Å². The van der Waals surface area contributed by atoms with Crippen molar-refractivity contribution < 1.29 is 28.0 Å². The van der Waals surface area contributed by atoms with Crippen LogP contribution in [0.3, 0.4) is 0 Å². The number of ether oxygens (including phenoxy) is 1. The van der Waals surface area contributed by atoms with E-state index in [0.29, 0.717) is 29.3 Å². The van der Waals surface area contributed by atoms with Gasteiger partial charge in [-0.15, -0.1) is 0 Å². The standard InChI is InChI=1S/C33H36N4O6S/c1-3-32(38)37(40)34-21-20-25-14-19-30(43-2)31(23-25)44(41,42)28-17-15-27(16-18-28)35-33(39)36-29(26-12-8-5-9-13-26)22-24-10-6-4-7-11-24/h4-19,23,29,34,40H,3,20-22H2,1-2H3,(H2,35,36,39). The SMILES string of the molecule is CCC(=O)N(O)NCCc1ccc(OC)c(S(=O)(=O)c2ccc(NC(=O)NC(Cc3ccccc3)c3ccccc3)cc2)c1. The zero-order valence-corrected chi connectivity index (χ0v) is 25.4. The van der Waals surface area contributed by atoms with Gasteiger partial charge in [0.2, 0.25) is 9.84 Å². The number of hydrazine groups is 1. The van der Waals surface area contributed by atoms with Gasteiger partial charge in [0.1, 0.15) is 10.6 Å². The summed E-state index contributed by atoms with van der Waals surface area (Å²) < 4.78 is 32.5. The lowest BCUT2D eigenvalue weighted by Crippen LogP contribution is -2.40. The molecule has 0 bridgehead atoms. The van der Waals surface area contributed by atoms with Crippen LogP contribution in [0, 0.1) is 0 Å². The average molecular weight is 617 g/mol. The van der Waals surface area contributed by atoms with Gasteiger partial charge in [0.15, 0.2) is 0 Å². The highest BCUT2D eigenvalue weighted by Crippen LogP contribution is 2.31. The number of rotatable bonds is 13. The van der Waals surface area contributed by atoms with Gasteiger partial charge in [-0.05, 0) is 65.9 Å². The van der Waals surface area contributed by atoms with Crippen LogP contribution < -0.4 is 20.8 Å². The summed E-state index contributed by atoms with van der Waals surface area (Å²) in [6.45, 7) is 1.83. The Kier molecular flexibility index (Phi) is 11.1. The van der Waals surface area contributed by atoms with Gasteiger partial charge < -0.3 is 15.4 Å². The van der Waals surface area contributed by atoms with Crippen molar-refractivity contribution in [3.8, 4) is 5.75 Å². The number of methoxy groups -OCH3 is 1. The van der Waals surface area contributed by atoms with Crippen LogP contribution in [0.4, 0.5) is 10.5 Å². The number of carbonyl (C=O) groups is 2. The summed E-state index contributed by atoms with van der Waals surface area (Å²) in [6, 6.07) is 29.6. The molecule has 0 heterocycles. The third kappa shape index (κ3) is 8.44. The number of amides is 3. The van der Waals surface area contributed by atoms with Crippen LogP contribution in [-0.4, -0.2) is 44.4 Å². The first kappa shape index (κ1) is 32.2. The molecule has 0 fully saturated rings. The van der Waals surface area contributed by atoms with E-state index in [1.807, 2.05) is 60.7 Å². The van der Waals surface area contributed by atoms with Gasteiger partial charge >= 0.3 is 6.03 Å². The summed E-state index contributed by atoms with van der Waals surface area (Å²) in [5.41, 5.74) is 5.70. The molecule has 0 spiro atoms. The second-order valence-electron chi connectivity index (χ2n) is 9.98. The Hall–Kier alpha value is -4.71. The van der Waals surface area contributed by atoms with E-state index in [2.05, 4.69) is 16.1 Å². The number of nitrogens with one attached hydrogen (secondary N) is 3. The van der Waals surface area contributed by atoms with Crippen molar-refractivity contribution in [2.75, 3.05) is 19.0 Å². The molecule has 230 valence electrons. The van der Waals surface area contributed by atoms with Gasteiger partial charge in [-0.2, -0.15) is 5.17 Å². The molecular weight excluding hydrogens is 580 g/mol. The maximum atomic E-state index is 13.6. The number of hydrogen-bond donors (Lipinski definition) is 4. The monoisotopic (exact) mass is 616 g/mol. The summed E-state index contributed by atoms with van der Waals surface area (Å²) in [6.07, 6.45) is 1.07. The summed E-state index contributed by atoms with van der Waals surface area (Å²) in [5.74, 6) is -0.305. The van der Waals surface area contributed by atoms with Crippen LogP contribution >= 0.6 is 0 Å². The molecule has 4 aromatic rings. The van der Waals surface area contributed by atoms with Gasteiger partial charge in [0, 0.05) is 18.7 Å². The van der Waals surface area contributed by atoms with Crippen LogP contribution in [0.15, 0.2) is 113 Å². The van der Waals surface area contributed by atoms with Crippen molar-refractivity contribution in [1.29, 1.82) is 0 Å². The number of anilines is 1. The van der Waals surface area contributed by atoms with Gasteiger partial charge in [-0.25, -0.2) is 18.6 Å². The summed E-state index contributed by atoms with van der Waals surface area (Å²) >= 11 is 0. The minimum atomic E-state index is -3.99. The molecule has 0 aromatic heterocycles. The molecule has 1 atom stereocenters. The normalized spacial score (nSPS) is 11.8. The molecule has 0 aliphatic heterocycles. The van der Waals surface area contributed by atoms with Crippen molar-refractivity contribution in [2.45, 2.75) is 42.0 Å². The Morgan fingerprint density at radius 2 is 1.55 bits per heavy atom. The number of carbonyl (C=O) groups excluding carboxylic acids is 2. The van der Waals surface area contributed by atoms with Crippen molar-refractivity contribution >= 4 is 27.5 Å². The molecule has 4 aromatic carbocycles. The fourth-order valence-electron chi connectivity index (χ4n) is 4.59. The number of nitrogens with zero attached hydrogens (tertiary/aromatic N) is 1. The molecule has 0 saturated heterocycles. The van der Waals surface area contributed by atoms with E-state index < -0.39 is 21.8 Å². The van der Waals surface area contributed by atoms with Gasteiger partial charge in [0.25, 0.3) is 5.91 Å². The first-order valence-electron chi connectivity index (χ1n) is 14.1. The number of sulfone groups is 1. The van der Waals surface area contributed by atoms with E-state index in [1.54, 1.807) is 19.1 Å². The molecule has 44 heavy (non-hydrogen) atoms. The molecule has 0 saturated carbocycles. The predicted molar refractivity (Wildman–Crippen MR) is 167 cm³/mol. The van der Waals surface area contributed by atoms with E-state index in [4.69, 9.17) is 4.74 Å². The lowest BCUT2D eigenvalue weighted by atomic mass is 9.99. The number of benzene rings is 4. The number of urea groups is 1. The van der Waals surface area contributed by atoms with Crippen LogP contribution in [0.2, 0.25) is 0 Å². The summed E-state index contributed by atoms with van der Waals surface area (Å²) in [5, 5.41) is 15.9. The maximum Gasteiger partial charge on any atom is 0.319 e. The summed E-state index contributed by atoms with van der Waals surface area (Å²) in [7, 11) is -2.59. The second kappa shape index (κ2) is 15.1. The predicted octanol–water partition coefficient (Wildman–Crippen LogP) is 5.31. The molecule has 3 amide bonds. The van der Waals surface area contributed by atoms with Gasteiger partial charge in [-0.3, -0.25) is 10.0 Å². The van der Waals surface area contributed by atoms with E-state index in [9.17, 15) is 23.2 Å². The Labute approximate surface area is 257 Å². The van der Waals surface area contributed by atoms with E-state index in [1.165, 1.54) is 37.4 Å². The average Bonchev–Trinajstić information content (AvgIpc) is 3.05. The first-order valence-corrected chi connectivity index (χ1v) is 15.6. The molecule has 4 rings (SSSR count). The van der Waals surface area contributed by atoms with Crippen molar-refractivity contribution in [3.05, 3.63) is 120 Å². The minimum Gasteiger partial charge on any atom is -0.495 e. The Morgan fingerprint density at radius 1 is 0.886 bits per heavy atom. The van der Waals surface area contributed by atoms with Crippen LogP contribution in [0.25, 0.3) is 0 Å². The fourth-order valence-corrected chi connectivity index (χ4v) is 6.06. The summed E-state index contributed by atoms with van der Waals surface area (Å²) in [4.78, 5) is 24.5. The van der Waals surface area contributed by atoms with Crippen LogP contribution in [0.5, 0.6) is 5.75 Å². The number of hydrogen-bond acceptors (Lipinski definition) is 7. The molecule has 1 unspecified atom stereocenters. The third-order valence-corrected chi connectivity index (χ3v) is 8.73. The Bertz CT molecular complexity index is 1650. The fraction of sp³-hybridized carbons (Fsp3) is 0.212. The number of hydroxylamine groups is 1. The quantitative estimate of drug-likeness (QED) is 0.118. The molecular formula is C33H36N4O6S. The molecule has 0 aliphatic carbocycles. The minimum absolute atomic E-state index is 0.0203. The van der Waals surface area contributed by atoms with Gasteiger partial charge in [0.05, 0.1) is 18.0 Å². The lowest BCUT2D eigenvalue weighted by Gasteiger charge is -2.20. The highest BCUT2D eigenvalue weighted by Gasteiger charge is 2.23. The van der Waals surface area contributed by atoms with Crippen LogP contribution in [0.1, 0.15) is 36.1 Å². The van der Waals surface area contributed by atoms with Crippen LogP contribution in [-0.2, 0) is 27.5 Å². The third-order valence-electron chi connectivity index (χ3n) is 6.94. The van der Waals surface area contributed by atoms with E-state index in [-0.39, 0.29) is 34.5 Å². The molecule has 11 heteroatoms. The molecule has 0 aliphatic rings. The lowest BCUT2D eigenvalue weighted by molar-refractivity contribution is -0.179. The Balaban J connectivity index is 1.45. The largest absolute Gasteiger partial charge is 0.495 e. The van der Waals surface area contributed by atoms with E-state index >= 15 is 0 Å². The Morgan fingerprint density at radius 3 is 2.18 bits per heavy atom.